The maximum absolute atomic E-state index is 14.3. The predicted octanol–water partition coefficient (Wildman–Crippen LogP) is 0.491. The van der Waals surface area contributed by atoms with Gasteiger partial charge in [0.05, 0.1) is 28.5 Å². The standard InChI is InChI=1S/C13H13F2N6O5PS/c14-13(15,27(23,24)21-22)10-5-11-9(4-8(10)6-16)7-19-12(20-11)18-2-1-3-28(17,25)26/h4-5,7H,1-3H2,(H4,17,18,19,20,23,24,25,26)/p+1. The van der Waals surface area contributed by atoms with Gasteiger partial charge in [0, 0.05) is 18.1 Å². The van der Waals surface area contributed by atoms with Crippen LogP contribution in [0.3, 0.4) is 0 Å². The minimum Gasteiger partial charge on any atom is -0.354 e. The van der Waals surface area contributed by atoms with Crippen molar-refractivity contribution in [3.63, 3.8) is 0 Å². The Kier molecular flexibility index (Phi) is 6.10. The molecule has 1 heterocycles. The maximum atomic E-state index is 14.3. The highest BCUT2D eigenvalue weighted by atomic mass is 32.2. The van der Waals surface area contributed by atoms with Crippen LogP contribution in [0.1, 0.15) is 17.5 Å². The van der Waals surface area contributed by atoms with Gasteiger partial charge in [0.15, 0.2) is 4.91 Å². The Bertz CT molecular complexity index is 1140. The number of nitrogens with zero attached hydrogens (tertiary/aromatic N) is 4. The van der Waals surface area contributed by atoms with Crippen LogP contribution in [0.2, 0.25) is 0 Å². The Labute approximate surface area is 157 Å². The third-order valence-corrected chi connectivity index (χ3v) is 5.62. The van der Waals surface area contributed by atoms with Crippen molar-refractivity contribution < 1.29 is 27.0 Å². The molecule has 0 aliphatic rings. The summed E-state index contributed by atoms with van der Waals surface area (Å²) in [6.45, 7) is 0.123. The summed E-state index contributed by atoms with van der Waals surface area (Å²) in [4.78, 5) is 36.9. The molecule has 0 atom stereocenters. The fourth-order valence-corrected chi connectivity index (χ4v) is 3.35. The van der Waals surface area contributed by atoms with E-state index in [0.29, 0.717) is 0 Å². The van der Waals surface area contributed by atoms with Gasteiger partial charge < -0.3 is 5.32 Å². The number of nitrogens with two attached hydrogens (primary N) is 1. The summed E-state index contributed by atoms with van der Waals surface area (Å²) in [7, 11) is -9.19. The molecule has 0 bridgehead atoms. The molecule has 2 aromatic rings. The number of anilines is 1. The summed E-state index contributed by atoms with van der Waals surface area (Å²) in [5, 5.41) is 16.8. The lowest BCUT2D eigenvalue weighted by Gasteiger charge is -2.14. The lowest BCUT2D eigenvalue weighted by atomic mass is 10.1. The van der Waals surface area contributed by atoms with E-state index in [1.165, 1.54) is 12.3 Å². The molecule has 11 nitrogen and oxygen atoms in total. The van der Waals surface area contributed by atoms with Gasteiger partial charge in [-0.25, -0.2) is 23.5 Å². The third-order valence-electron chi connectivity index (χ3n) is 3.54. The summed E-state index contributed by atoms with van der Waals surface area (Å²) in [6, 6.07) is 3.23. The maximum Gasteiger partial charge on any atom is 0.621 e. The van der Waals surface area contributed by atoms with E-state index in [2.05, 4.69) is 15.3 Å². The summed E-state index contributed by atoms with van der Waals surface area (Å²) in [5.41, 5.74) is -6.28. The second kappa shape index (κ2) is 7.84. The van der Waals surface area contributed by atoms with Crippen LogP contribution in [-0.2, 0) is 15.7 Å². The highest BCUT2D eigenvalue weighted by Crippen LogP contribution is 2.59. The fourth-order valence-electron chi connectivity index (χ4n) is 2.19. The van der Waals surface area contributed by atoms with E-state index in [0.717, 1.165) is 12.1 Å². The number of primary sulfonamides is 1. The van der Waals surface area contributed by atoms with E-state index < -0.39 is 34.3 Å². The monoisotopic (exact) mass is 435 g/mol. The summed E-state index contributed by atoms with van der Waals surface area (Å²) >= 11 is 0. The van der Waals surface area contributed by atoms with E-state index in [1.807, 2.05) is 0 Å². The van der Waals surface area contributed by atoms with E-state index >= 15 is 0 Å². The molecular weight excluding hydrogens is 421 g/mol. The van der Waals surface area contributed by atoms with Crippen molar-refractivity contribution in [1.82, 2.24) is 14.6 Å². The van der Waals surface area contributed by atoms with Crippen molar-refractivity contribution in [2.75, 3.05) is 17.6 Å². The van der Waals surface area contributed by atoms with Gasteiger partial charge in [-0.15, -0.1) is 0 Å². The van der Waals surface area contributed by atoms with Crippen molar-refractivity contribution in [3.05, 3.63) is 34.4 Å². The number of hydrogen-bond acceptors (Lipinski definition) is 7. The number of rotatable bonds is 7. The first-order valence-electron chi connectivity index (χ1n) is 7.44. The number of alkyl halides is 2. The lowest BCUT2D eigenvalue weighted by Crippen LogP contribution is -2.19. The Balaban J connectivity index is 2.43. The molecule has 0 amide bonds. The summed E-state index contributed by atoms with van der Waals surface area (Å²) in [6.07, 6.45) is 1.37. The van der Waals surface area contributed by atoms with Crippen molar-refractivity contribution >= 4 is 34.4 Å². The zero-order chi connectivity index (χ0) is 21.2. The van der Waals surface area contributed by atoms with Crippen LogP contribution in [0.5, 0.6) is 0 Å². The molecule has 150 valence electrons. The van der Waals surface area contributed by atoms with Gasteiger partial charge in [0.1, 0.15) is 0 Å². The molecule has 0 radical (unpaired) electrons. The van der Waals surface area contributed by atoms with Gasteiger partial charge in [-0.3, -0.25) is 9.79 Å². The Morgan fingerprint density at radius 3 is 2.64 bits per heavy atom. The average Bonchev–Trinajstić information content (AvgIpc) is 2.63. The quantitative estimate of drug-likeness (QED) is 0.272. The van der Waals surface area contributed by atoms with E-state index in [9.17, 15) is 31.9 Å². The SMILES string of the molecule is N#Cc1cc2cnc(NCCCS(N)(=O)=O)nc2cc1C(F)(F)P(O)(O)=[N+]=O. The second-order valence-electron chi connectivity index (χ2n) is 5.60. The number of fused-ring (bicyclic) bond motifs is 1. The number of aromatic nitrogens is 2. The highest BCUT2D eigenvalue weighted by Gasteiger charge is 2.61. The first-order valence-corrected chi connectivity index (χ1v) is 10.8. The number of nitrogens with one attached hydrogen (secondary N) is 1. The molecule has 1 aromatic heterocycles. The number of halogens is 2. The van der Waals surface area contributed by atoms with E-state index in [-0.39, 0.29) is 35.6 Å². The van der Waals surface area contributed by atoms with Crippen LogP contribution in [-0.4, -0.2) is 40.5 Å². The highest BCUT2D eigenvalue weighted by molar-refractivity contribution is 7.89. The zero-order valence-electron chi connectivity index (χ0n) is 14.0. The van der Waals surface area contributed by atoms with Crippen molar-refractivity contribution in [3.8, 4) is 6.07 Å². The zero-order valence-corrected chi connectivity index (χ0v) is 15.7. The van der Waals surface area contributed by atoms with Crippen molar-refractivity contribution in [2.24, 2.45) is 5.14 Å². The normalized spacial score (nSPS) is 12.4. The number of benzene rings is 1. The summed E-state index contributed by atoms with van der Waals surface area (Å²) in [5.74, 6) is -0.309. The number of sulfonamides is 1. The van der Waals surface area contributed by atoms with Gasteiger partial charge in [-0.2, -0.15) is 14.0 Å². The average molecular weight is 435 g/mol. The Hall–Kier alpha value is -2.52. The molecule has 28 heavy (non-hydrogen) atoms. The molecule has 0 spiro atoms. The van der Waals surface area contributed by atoms with Crippen LogP contribution in [0.15, 0.2) is 18.3 Å². The van der Waals surface area contributed by atoms with Gasteiger partial charge in [0.25, 0.3) is 0 Å². The van der Waals surface area contributed by atoms with Crippen LogP contribution in [0.4, 0.5) is 14.7 Å². The van der Waals surface area contributed by atoms with Gasteiger partial charge in [-0.05, 0) is 18.6 Å². The minimum atomic E-state index is -5.56. The largest absolute Gasteiger partial charge is 0.621 e. The number of hydrogen-bond donors (Lipinski definition) is 4. The molecular formula is C13H14F2N6O5PS+. The summed E-state index contributed by atoms with van der Waals surface area (Å²) < 4.78 is 52.2. The molecule has 0 saturated heterocycles. The van der Waals surface area contributed by atoms with Crippen LogP contribution < -0.4 is 15.1 Å². The molecule has 0 saturated carbocycles. The topological polar surface area (TPSA) is 193 Å². The fraction of sp³-hybridized carbons (Fsp3) is 0.308. The molecule has 1 aromatic carbocycles. The third kappa shape index (κ3) is 4.66. The Morgan fingerprint density at radius 1 is 1.39 bits per heavy atom. The number of nitriles is 1. The molecule has 0 fully saturated rings. The van der Waals surface area contributed by atoms with Crippen molar-refractivity contribution in [1.29, 1.82) is 5.26 Å². The van der Waals surface area contributed by atoms with Crippen LogP contribution in [0.25, 0.3) is 10.9 Å². The molecule has 5 N–H and O–H groups in total. The Morgan fingerprint density at radius 2 is 2.07 bits per heavy atom. The first-order chi connectivity index (χ1) is 12.9. The predicted molar refractivity (Wildman–Crippen MR) is 96.1 cm³/mol. The van der Waals surface area contributed by atoms with E-state index in [1.54, 1.807) is 4.61 Å². The molecule has 2 rings (SSSR count). The van der Waals surface area contributed by atoms with Gasteiger partial charge in [0.2, 0.25) is 20.6 Å². The molecule has 0 aliphatic carbocycles. The first kappa shape index (κ1) is 21.8. The van der Waals surface area contributed by atoms with Crippen molar-refractivity contribution in [2.45, 2.75) is 12.1 Å². The van der Waals surface area contributed by atoms with E-state index in [4.69, 9.17) is 10.4 Å². The van der Waals surface area contributed by atoms with Crippen LogP contribution in [0, 0.1) is 16.2 Å². The van der Waals surface area contributed by atoms with Crippen LogP contribution >= 0.6 is 7.51 Å². The molecule has 0 unspecified atom stereocenters. The minimum absolute atomic E-state index is 0.0246. The smallest absolute Gasteiger partial charge is 0.354 e. The molecule has 0 aliphatic heterocycles. The lowest BCUT2D eigenvalue weighted by molar-refractivity contribution is 0.0682. The second-order valence-corrected chi connectivity index (χ2v) is 9.20. The van der Waals surface area contributed by atoms with Gasteiger partial charge in [-0.1, -0.05) is 0 Å². The number of nitroso groups, excluding NO2 is 1. The molecule has 15 heteroatoms. The van der Waals surface area contributed by atoms with Gasteiger partial charge >= 0.3 is 13.2 Å².